The van der Waals surface area contributed by atoms with Crippen LogP contribution in [0, 0.1) is 5.92 Å². The highest BCUT2D eigenvalue weighted by molar-refractivity contribution is 8.01. The number of thioether (sulfide) groups is 1. The number of ether oxygens (including phenoxy) is 1. The zero-order valence-corrected chi connectivity index (χ0v) is 12.6. The van der Waals surface area contributed by atoms with Crippen LogP contribution in [0.2, 0.25) is 0 Å². The highest BCUT2D eigenvalue weighted by atomic mass is 32.2. The Balaban J connectivity index is 1.80. The van der Waals surface area contributed by atoms with Crippen molar-refractivity contribution in [2.24, 2.45) is 5.92 Å². The van der Waals surface area contributed by atoms with Crippen molar-refractivity contribution in [1.29, 1.82) is 0 Å². The molecule has 0 unspecified atom stereocenters. The Morgan fingerprint density at radius 3 is 3.11 bits per heavy atom. The van der Waals surface area contributed by atoms with E-state index in [4.69, 9.17) is 4.74 Å². The summed E-state index contributed by atoms with van der Waals surface area (Å²) in [6, 6.07) is 3.78. The van der Waals surface area contributed by atoms with Crippen molar-refractivity contribution in [2.45, 2.75) is 24.6 Å². The molecule has 0 saturated carbocycles. The molecule has 0 aliphatic rings. The lowest BCUT2D eigenvalue weighted by molar-refractivity contribution is -0.140. The van der Waals surface area contributed by atoms with Crippen LogP contribution in [-0.2, 0) is 9.53 Å². The number of fused-ring (bicyclic) bond motifs is 1. The first-order chi connectivity index (χ1) is 9.15. The van der Waals surface area contributed by atoms with Gasteiger partial charge in [0.25, 0.3) is 0 Å². The van der Waals surface area contributed by atoms with Crippen LogP contribution in [0.1, 0.15) is 20.3 Å². The van der Waals surface area contributed by atoms with Gasteiger partial charge in [-0.2, -0.15) is 0 Å². The third-order valence-electron chi connectivity index (χ3n) is 2.42. The molecule has 0 bridgehead atoms. The first-order valence-corrected chi connectivity index (χ1v) is 7.95. The summed E-state index contributed by atoms with van der Waals surface area (Å²) in [6.45, 7) is 4.71. The molecule has 0 fully saturated rings. The molecule has 2 rings (SSSR count). The quantitative estimate of drug-likeness (QED) is 0.604. The Hall–Kier alpha value is -1.14. The average Bonchev–Trinajstić information content (AvgIpc) is 2.78. The fourth-order valence-corrected chi connectivity index (χ4v) is 3.16. The Bertz CT molecular complexity index is 521. The van der Waals surface area contributed by atoms with Gasteiger partial charge < -0.3 is 4.74 Å². The molecular weight excluding hydrogens is 280 g/mol. The van der Waals surface area contributed by atoms with E-state index in [0.29, 0.717) is 18.3 Å². The topological polar surface area (TPSA) is 52.1 Å². The number of esters is 1. The Kier molecular flexibility index (Phi) is 5.15. The number of carbonyl (C=O) groups excluding carboxylic acids is 1. The maximum atomic E-state index is 11.5. The van der Waals surface area contributed by atoms with Crippen LogP contribution < -0.4 is 0 Å². The van der Waals surface area contributed by atoms with E-state index in [9.17, 15) is 4.79 Å². The Morgan fingerprint density at radius 2 is 2.37 bits per heavy atom. The number of nitrogens with zero attached hydrogens (tertiary/aromatic N) is 2. The molecule has 0 aromatic carbocycles. The number of thiazole rings is 1. The summed E-state index contributed by atoms with van der Waals surface area (Å²) < 4.78 is 6.01. The van der Waals surface area contributed by atoms with E-state index in [0.717, 1.165) is 21.1 Å². The summed E-state index contributed by atoms with van der Waals surface area (Å²) in [6.07, 6.45) is 2.65. The van der Waals surface area contributed by atoms with E-state index < -0.39 is 0 Å². The predicted octanol–water partition coefficient (Wildman–Crippen LogP) is 3.37. The van der Waals surface area contributed by atoms with Crippen LogP contribution in [0.4, 0.5) is 0 Å². The molecule has 102 valence electrons. The van der Waals surface area contributed by atoms with Crippen molar-refractivity contribution < 1.29 is 9.53 Å². The molecule has 0 N–H and O–H groups in total. The van der Waals surface area contributed by atoms with Crippen LogP contribution in [0.3, 0.4) is 0 Å². The molecule has 0 atom stereocenters. The van der Waals surface area contributed by atoms with E-state index >= 15 is 0 Å². The van der Waals surface area contributed by atoms with Crippen molar-refractivity contribution in [2.75, 3.05) is 12.4 Å². The van der Waals surface area contributed by atoms with Gasteiger partial charge >= 0.3 is 5.97 Å². The SMILES string of the molecule is CC(C)CCOC(=O)CSc1nc2cccnc2s1. The first-order valence-electron chi connectivity index (χ1n) is 6.15. The van der Waals surface area contributed by atoms with Crippen LogP contribution in [0.25, 0.3) is 10.3 Å². The van der Waals surface area contributed by atoms with E-state index in [1.165, 1.54) is 23.1 Å². The summed E-state index contributed by atoms with van der Waals surface area (Å²) in [5.41, 5.74) is 0.878. The van der Waals surface area contributed by atoms with Gasteiger partial charge in [0, 0.05) is 6.20 Å². The van der Waals surface area contributed by atoms with Gasteiger partial charge in [-0.25, -0.2) is 9.97 Å². The normalized spacial score (nSPS) is 11.1. The van der Waals surface area contributed by atoms with Gasteiger partial charge in [-0.15, -0.1) is 0 Å². The molecule has 0 spiro atoms. The first kappa shape index (κ1) is 14.3. The second-order valence-electron chi connectivity index (χ2n) is 4.50. The molecule has 6 heteroatoms. The third-order valence-corrected chi connectivity index (χ3v) is 4.51. The molecule has 2 aromatic heterocycles. The molecule has 0 amide bonds. The van der Waals surface area contributed by atoms with E-state index in [2.05, 4.69) is 23.8 Å². The van der Waals surface area contributed by atoms with Crippen LogP contribution in [0.5, 0.6) is 0 Å². The minimum absolute atomic E-state index is 0.183. The molecule has 2 heterocycles. The maximum Gasteiger partial charge on any atom is 0.316 e. The van der Waals surface area contributed by atoms with Gasteiger partial charge in [0.05, 0.1) is 12.4 Å². The lowest BCUT2D eigenvalue weighted by Gasteiger charge is -2.05. The lowest BCUT2D eigenvalue weighted by Crippen LogP contribution is -2.09. The highest BCUT2D eigenvalue weighted by Gasteiger charge is 2.09. The lowest BCUT2D eigenvalue weighted by atomic mass is 10.1. The van der Waals surface area contributed by atoms with Gasteiger partial charge in [-0.05, 0) is 24.5 Å². The number of hydrogen-bond donors (Lipinski definition) is 0. The summed E-state index contributed by atoms with van der Waals surface area (Å²) in [5, 5.41) is 0. The van der Waals surface area contributed by atoms with E-state index in [-0.39, 0.29) is 5.97 Å². The summed E-state index contributed by atoms with van der Waals surface area (Å²) in [4.78, 5) is 21.1. The minimum Gasteiger partial charge on any atom is -0.465 e. The predicted molar refractivity (Wildman–Crippen MR) is 78.6 cm³/mol. The van der Waals surface area contributed by atoms with Crippen molar-refractivity contribution in [3.63, 3.8) is 0 Å². The molecule has 0 aliphatic heterocycles. The monoisotopic (exact) mass is 296 g/mol. The second-order valence-corrected chi connectivity index (χ2v) is 6.70. The van der Waals surface area contributed by atoms with Gasteiger partial charge in [-0.3, -0.25) is 4.79 Å². The van der Waals surface area contributed by atoms with Gasteiger partial charge in [-0.1, -0.05) is 36.9 Å². The van der Waals surface area contributed by atoms with Crippen molar-refractivity contribution in [1.82, 2.24) is 9.97 Å². The van der Waals surface area contributed by atoms with E-state index in [1.54, 1.807) is 6.20 Å². The number of aromatic nitrogens is 2. The standard InChI is InChI=1S/C13H16N2O2S2/c1-9(2)5-7-17-11(16)8-18-13-15-10-4-3-6-14-12(10)19-13/h3-4,6,9H,5,7-8H2,1-2H3. The van der Waals surface area contributed by atoms with Crippen molar-refractivity contribution >= 4 is 39.4 Å². The summed E-state index contributed by atoms with van der Waals surface area (Å²) in [5.74, 6) is 0.673. The summed E-state index contributed by atoms with van der Waals surface area (Å²) in [7, 11) is 0. The minimum atomic E-state index is -0.183. The molecule has 0 saturated heterocycles. The highest BCUT2D eigenvalue weighted by Crippen LogP contribution is 2.27. The average molecular weight is 296 g/mol. The Labute approximate surface area is 120 Å². The number of hydrogen-bond acceptors (Lipinski definition) is 6. The van der Waals surface area contributed by atoms with Crippen molar-refractivity contribution in [3.8, 4) is 0 Å². The van der Waals surface area contributed by atoms with Crippen LogP contribution >= 0.6 is 23.1 Å². The molecular formula is C13H16N2O2S2. The van der Waals surface area contributed by atoms with E-state index in [1.807, 2.05) is 12.1 Å². The zero-order valence-electron chi connectivity index (χ0n) is 11.0. The fraction of sp³-hybridized carbons (Fsp3) is 0.462. The number of rotatable bonds is 6. The molecule has 4 nitrogen and oxygen atoms in total. The summed E-state index contributed by atoms with van der Waals surface area (Å²) >= 11 is 2.91. The number of carbonyl (C=O) groups is 1. The molecule has 2 aromatic rings. The van der Waals surface area contributed by atoms with Crippen LogP contribution in [0.15, 0.2) is 22.7 Å². The molecule has 0 radical (unpaired) electrons. The maximum absolute atomic E-state index is 11.5. The van der Waals surface area contributed by atoms with Gasteiger partial charge in [0.2, 0.25) is 0 Å². The number of pyridine rings is 1. The molecule has 19 heavy (non-hydrogen) atoms. The fourth-order valence-electron chi connectivity index (χ4n) is 1.38. The third kappa shape index (κ3) is 4.47. The van der Waals surface area contributed by atoms with Crippen LogP contribution in [-0.4, -0.2) is 28.3 Å². The zero-order chi connectivity index (χ0) is 13.7. The molecule has 0 aliphatic carbocycles. The van der Waals surface area contributed by atoms with Gasteiger partial charge in [0.1, 0.15) is 10.3 Å². The largest absolute Gasteiger partial charge is 0.465 e. The second kappa shape index (κ2) is 6.86. The smallest absolute Gasteiger partial charge is 0.316 e. The Morgan fingerprint density at radius 1 is 1.53 bits per heavy atom. The van der Waals surface area contributed by atoms with Crippen molar-refractivity contribution in [3.05, 3.63) is 18.3 Å². The van der Waals surface area contributed by atoms with Gasteiger partial charge in [0.15, 0.2) is 4.34 Å².